The van der Waals surface area contributed by atoms with Crippen molar-refractivity contribution in [1.29, 1.82) is 0 Å². The third kappa shape index (κ3) is 6.09. The molecule has 1 aromatic rings. The average Bonchev–Trinajstić information content (AvgIpc) is 2.61. The summed E-state index contributed by atoms with van der Waals surface area (Å²) in [5.74, 6) is -3.16. The van der Waals surface area contributed by atoms with Gasteiger partial charge in [-0.2, -0.15) is 13.2 Å². The molecule has 0 aromatic heterocycles. The lowest BCUT2D eigenvalue weighted by Crippen LogP contribution is -2.52. The predicted octanol–water partition coefficient (Wildman–Crippen LogP) is 0.932. The van der Waals surface area contributed by atoms with Gasteiger partial charge in [-0.25, -0.2) is 8.78 Å². The Morgan fingerprint density at radius 2 is 1.97 bits per heavy atom. The van der Waals surface area contributed by atoms with Gasteiger partial charge in [-0.1, -0.05) is 0 Å². The number of rotatable bonds is 7. The molecule has 4 N–H and O–H groups in total. The fraction of sp³-hybridized carbons (Fsp3) is 0.438. The summed E-state index contributed by atoms with van der Waals surface area (Å²) in [7, 11) is 0. The SMILES string of the molecule is NC(=O)[C@@H](NCC(F)(F)F)C(=O)Nc1ccc(N2CCOCC2=O)c(C(F)F)c1. The van der Waals surface area contributed by atoms with E-state index >= 15 is 0 Å². The van der Waals surface area contributed by atoms with Crippen molar-refractivity contribution < 1.29 is 41.1 Å². The third-order valence-corrected chi connectivity index (χ3v) is 3.86. The summed E-state index contributed by atoms with van der Waals surface area (Å²) in [6, 6.07) is 1.15. The molecule has 0 bridgehead atoms. The molecule has 1 fully saturated rings. The summed E-state index contributed by atoms with van der Waals surface area (Å²) in [6.07, 6.45) is -7.73. The van der Waals surface area contributed by atoms with E-state index in [4.69, 9.17) is 10.5 Å². The number of morpholine rings is 1. The van der Waals surface area contributed by atoms with Crippen LogP contribution in [0.3, 0.4) is 0 Å². The van der Waals surface area contributed by atoms with Crippen molar-refractivity contribution in [1.82, 2.24) is 5.32 Å². The van der Waals surface area contributed by atoms with E-state index in [9.17, 15) is 36.3 Å². The maximum absolute atomic E-state index is 13.5. The number of nitrogens with two attached hydrogens (primary N) is 1. The standard InChI is InChI=1S/C16H17F5N4O4/c17-13(18)9-5-8(1-2-10(9)25-3-4-29-6-11(25)26)24-15(28)12(14(22)27)23-7-16(19,20)21/h1-2,5,12-13,23H,3-4,6-7H2,(H2,22,27)(H,24,28)/t12-/m1/s1. The van der Waals surface area contributed by atoms with Crippen molar-refractivity contribution in [2.75, 3.05) is 36.5 Å². The average molecular weight is 424 g/mol. The molecule has 0 aliphatic carbocycles. The second-order valence-electron chi connectivity index (χ2n) is 5.99. The Bertz CT molecular complexity index is 787. The molecule has 1 aliphatic heterocycles. The first kappa shape index (κ1) is 22.5. The lowest BCUT2D eigenvalue weighted by atomic mass is 10.1. The number of carbonyl (C=O) groups excluding carboxylic acids is 3. The maximum atomic E-state index is 13.5. The van der Waals surface area contributed by atoms with Crippen LogP contribution in [0.4, 0.5) is 33.3 Å². The third-order valence-electron chi connectivity index (χ3n) is 3.86. The highest BCUT2D eigenvalue weighted by atomic mass is 19.4. The van der Waals surface area contributed by atoms with Crippen LogP contribution in [-0.4, -0.2) is 56.2 Å². The monoisotopic (exact) mass is 424 g/mol. The number of amides is 3. The molecule has 0 spiro atoms. The Morgan fingerprint density at radius 3 is 2.52 bits per heavy atom. The molecule has 2 rings (SSSR count). The zero-order chi connectivity index (χ0) is 21.8. The number of halogens is 5. The molecule has 29 heavy (non-hydrogen) atoms. The van der Waals surface area contributed by atoms with E-state index in [1.165, 1.54) is 6.07 Å². The maximum Gasteiger partial charge on any atom is 0.401 e. The van der Waals surface area contributed by atoms with Crippen molar-refractivity contribution in [2.24, 2.45) is 5.73 Å². The van der Waals surface area contributed by atoms with Crippen molar-refractivity contribution in [2.45, 2.75) is 18.6 Å². The molecule has 0 radical (unpaired) electrons. The van der Waals surface area contributed by atoms with Crippen LogP contribution >= 0.6 is 0 Å². The number of carbonyl (C=O) groups is 3. The minimum Gasteiger partial charge on any atom is -0.370 e. The van der Waals surface area contributed by atoms with Crippen LogP contribution in [0.5, 0.6) is 0 Å². The Hall–Kier alpha value is -2.80. The first-order chi connectivity index (χ1) is 13.5. The van der Waals surface area contributed by atoms with Crippen LogP contribution in [0.25, 0.3) is 0 Å². The van der Waals surface area contributed by atoms with E-state index in [-0.39, 0.29) is 31.1 Å². The van der Waals surface area contributed by atoms with Crippen molar-refractivity contribution >= 4 is 29.1 Å². The molecule has 0 saturated carbocycles. The number of anilines is 2. The number of nitrogens with zero attached hydrogens (tertiary/aromatic N) is 1. The Labute approximate surface area is 161 Å². The molecule has 1 heterocycles. The molecule has 1 aromatic carbocycles. The van der Waals surface area contributed by atoms with E-state index in [1.54, 1.807) is 5.32 Å². The fourth-order valence-corrected chi connectivity index (χ4v) is 2.58. The number of benzene rings is 1. The van der Waals surface area contributed by atoms with E-state index < -0.39 is 48.5 Å². The van der Waals surface area contributed by atoms with Crippen LogP contribution in [0.2, 0.25) is 0 Å². The Morgan fingerprint density at radius 1 is 1.28 bits per heavy atom. The fourth-order valence-electron chi connectivity index (χ4n) is 2.58. The van der Waals surface area contributed by atoms with Crippen LogP contribution in [0.15, 0.2) is 18.2 Å². The van der Waals surface area contributed by atoms with Gasteiger partial charge < -0.3 is 20.7 Å². The lowest BCUT2D eigenvalue weighted by molar-refractivity contribution is -0.135. The molecule has 0 unspecified atom stereocenters. The molecular weight excluding hydrogens is 407 g/mol. The summed E-state index contributed by atoms with van der Waals surface area (Å²) in [5, 5.41) is 3.72. The molecule has 1 aliphatic rings. The molecule has 3 amide bonds. The van der Waals surface area contributed by atoms with Gasteiger partial charge in [0.15, 0.2) is 6.04 Å². The highest BCUT2D eigenvalue weighted by molar-refractivity contribution is 6.09. The molecule has 160 valence electrons. The first-order valence-corrected chi connectivity index (χ1v) is 8.20. The summed E-state index contributed by atoms with van der Waals surface area (Å²) < 4.78 is 68.8. The topological polar surface area (TPSA) is 114 Å². The van der Waals surface area contributed by atoms with E-state index in [0.29, 0.717) is 0 Å². The number of primary amides is 1. The van der Waals surface area contributed by atoms with Gasteiger partial charge in [0.05, 0.1) is 18.8 Å². The summed E-state index contributed by atoms with van der Waals surface area (Å²) in [6.45, 7) is -1.73. The molecule has 1 atom stereocenters. The minimum atomic E-state index is -4.71. The van der Waals surface area contributed by atoms with Gasteiger partial charge in [-0.15, -0.1) is 0 Å². The van der Waals surface area contributed by atoms with Crippen LogP contribution in [0, 0.1) is 0 Å². The van der Waals surface area contributed by atoms with E-state index in [0.717, 1.165) is 17.0 Å². The van der Waals surface area contributed by atoms with Crippen molar-refractivity contribution in [3.8, 4) is 0 Å². The van der Waals surface area contributed by atoms with E-state index in [1.807, 2.05) is 0 Å². The predicted molar refractivity (Wildman–Crippen MR) is 90.2 cm³/mol. The number of hydrogen-bond donors (Lipinski definition) is 3. The van der Waals surface area contributed by atoms with Gasteiger partial charge in [0.2, 0.25) is 5.91 Å². The Balaban J connectivity index is 2.21. The van der Waals surface area contributed by atoms with Gasteiger partial charge in [0.1, 0.15) is 6.61 Å². The lowest BCUT2D eigenvalue weighted by Gasteiger charge is -2.29. The summed E-state index contributed by atoms with van der Waals surface area (Å²) >= 11 is 0. The summed E-state index contributed by atoms with van der Waals surface area (Å²) in [5.41, 5.74) is 4.04. The molecule has 13 heteroatoms. The van der Waals surface area contributed by atoms with Gasteiger partial charge in [0.25, 0.3) is 18.2 Å². The van der Waals surface area contributed by atoms with Crippen molar-refractivity contribution in [3.05, 3.63) is 23.8 Å². The number of hydrogen-bond acceptors (Lipinski definition) is 5. The van der Waals surface area contributed by atoms with Gasteiger partial charge in [0, 0.05) is 17.8 Å². The zero-order valence-corrected chi connectivity index (χ0v) is 14.8. The normalized spacial score (nSPS) is 16.1. The van der Waals surface area contributed by atoms with Gasteiger partial charge >= 0.3 is 6.18 Å². The molecule has 1 saturated heterocycles. The highest BCUT2D eigenvalue weighted by Crippen LogP contribution is 2.33. The number of alkyl halides is 5. The molecule has 8 nitrogen and oxygen atoms in total. The zero-order valence-electron chi connectivity index (χ0n) is 14.8. The quantitative estimate of drug-likeness (QED) is 0.445. The summed E-state index contributed by atoms with van der Waals surface area (Å²) in [4.78, 5) is 36.3. The molecular formula is C16H17F5N4O4. The van der Waals surface area contributed by atoms with Gasteiger partial charge in [-0.05, 0) is 18.2 Å². The van der Waals surface area contributed by atoms with Crippen LogP contribution in [-0.2, 0) is 19.1 Å². The van der Waals surface area contributed by atoms with Gasteiger partial charge in [-0.3, -0.25) is 19.7 Å². The van der Waals surface area contributed by atoms with Crippen molar-refractivity contribution in [3.63, 3.8) is 0 Å². The van der Waals surface area contributed by atoms with Crippen LogP contribution < -0.4 is 21.3 Å². The minimum absolute atomic E-state index is 0.0510. The largest absolute Gasteiger partial charge is 0.401 e. The highest BCUT2D eigenvalue weighted by Gasteiger charge is 2.33. The second-order valence-corrected chi connectivity index (χ2v) is 5.99. The van der Waals surface area contributed by atoms with E-state index in [2.05, 4.69) is 5.32 Å². The number of ether oxygens (including phenoxy) is 1. The first-order valence-electron chi connectivity index (χ1n) is 8.20. The second kappa shape index (κ2) is 9.13. The Kier molecular flexibility index (Phi) is 7.08. The smallest absolute Gasteiger partial charge is 0.370 e. The number of nitrogens with one attached hydrogen (secondary N) is 2. The van der Waals surface area contributed by atoms with Crippen LogP contribution in [0.1, 0.15) is 12.0 Å².